The normalized spacial score (nSPS) is 20.8. The van der Waals surface area contributed by atoms with Crippen LogP contribution in [0.2, 0.25) is 0 Å². The molecule has 0 radical (unpaired) electrons. The lowest BCUT2D eigenvalue weighted by atomic mass is 9.83. The molecule has 0 N–H and O–H groups in total. The summed E-state index contributed by atoms with van der Waals surface area (Å²) in [6, 6.07) is 0. The molecule has 1 atom stereocenters. The zero-order valence-corrected chi connectivity index (χ0v) is 15.7. The fourth-order valence-electron chi connectivity index (χ4n) is 4.01. The lowest BCUT2D eigenvalue weighted by molar-refractivity contribution is -0.140. The zero-order chi connectivity index (χ0) is 18.1. The zero-order valence-electron chi connectivity index (χ0n) is 15.7. The van der Waals surface area contributed by atoms with Gasteiger partial charge in [-0.3, -0.25) is 9.78 Å². The van der Waals surface area contributed by atoms with Gasteiger partial charge in [-0.1, -0.05) is 6.42 Å². The first-order valence-corrected chi connectivity index (χ1v) is 9.70. The Morgan fingerprint density at radius 2 is 2.04 bits per heavy atom. The van der Waals surface area contributed by atoms with Crippen LogP contribution in [0.4, 0.5) is 0 Å². The maximum Gasteiger partial charge on any atom is 0.225 e. The topological polar surface area (TPSA) is 63.9 Å². The van der Waals surface area contributed by atoms with Gasteiger partial charge in [0.2, 0.25) is 5.91 Å². The molecule has 0 spiro atoms. The molecule has 6 heteroatoms. The molecule has 1 aliphatic carbocycles. The minimum absolute atomic E-state index is 0.296. The molecule has 2 aromatic heterocycles. The molecule has 138 valence electrons. The van der Waals surface area contributed by atoms with Crippen molar-refractivity contribution < 1.29 is 4.79 Å². The van der Waals surface area contributed by atoms with Crippen LogP contribution in [0.5, 0.6) is 0 Å². The summed E-state index contributed by atoms with van der Waals surface area (Å²) in [7, 11) is 2.00. The van der Waals surface area contributed by atoms with E-state index in [1.54, 1.807) is 6.20 Å². The van der Waals surface area contributed by atoms with Crippen molar-refractivity contribution in [3.8, 4) is 11.4 Å². The molecule has 1 saturated carbocycles. The highest BCUT2D eigenvalue weighted by atomic mass is 16.2. The molecule has 1 saturated heterocycles. The maximum absolute atomic E-state index is 12.5. The Bertz CT molecular complexity index is 795. The third kappa shape index (κ3) is 3.37. The number of likely N-dealkylation sites (tertiary alicyclic amines) is 1. The second kappa shape index (κ2) is 7.17. The fraction of sp³-hybridized carbons (Fsp3) is 0.600. The van der Waals surface area contributed by atoms with Crippen LogP contribution in [0.3, 0.4) is 0 Å². The second-order valence-electron chi connectivity index (χ2n) is 7.77. The van der Waals surface area contributed by atoms with Crippen LogP contribution in [-0.4, -0.2) is 43.4 Å². The van der Waals surface area contributed by atoms with Crippen LogP contribution in [0, 0.1) is 18.8 Å². The van der Waals surface area contributed by atoms with E-state index in [2.05, 4.69) is 14.9 Å². The van der Waals surface area contributed by atoms with Gasteiger partial charge in [0.15, 0.2) is 0 Å². The third-order valence-corrected chi connectivity index (χ3v) is 5.95. The number of aromatic nitrogens is 4. The molecular formula is C20H27N5O. The number of carbonyl (C=O) groups is 1. The Hall–Kier alpha value is -2.24. The predicted octanol–water partition coefficient (Wildman–Crippen LogP) is 2.77. The number of rotatable bonds is 4. The highest BCUT2D eigenvalue weighted by Crippen LogP contribution is 2.30. The van der Waals surface area contributed by atoms with E-state index < -0.39 is 0 Å². The van der Waals surface area contributed by atoms with Gasteiger partial charge < -0.3 is 9.47 Å². The van der Waals surface area contributed by atoms with E-state index in [4.69, 9.17) is 4.98 Å². The monoisotopic (exact) mass is 353 g/mol. The van der Waals surface area contributed by atoms with Crippen molar-refractivity contribution in [3.63, 3.8) is 0 Å². The lowest BCUT2D eigenvalue weighted by Gasteiger charge is -2.37. The molecule has 3 heterocycles. The Morgan fingerprint density at radius 3 is 2.73 bits per heavy atom. The maximum atomic E-state index is 12.5. The number of aryl methyl sites for hydroxylation is 1. The quantitative estimate of drug-likeness (QED) is 0.848. The van der Waals surface area contributed by atoms with Crippen LogP contribution in [0.25, 0.3) is 11.4 Å². The van der Waals surface area contributed by atoms with Crippen molar-refractivity contribution in [2.24, 2.45) is 18.9 Å². The van der Waals surface area contributed by atoms with Crippen LogP contribution in [-0.2, 0) is 18.3 Å². The molecule has 1 amide bonds. The molecule has 0 aromatic carbocycles. The van der Waals surface area contributed by atoms with Crippen molar-refractivity contribution in [2.45, 2.75) is 45.4 Å². The van der Waals surface area contributed by atoms with E-state index in [0.29, 0.717) is 17.7 Å². The van der Waals surface area contributed by atoms with Crippen LogP contribution >= 0.6 is 0 Å². The van der Waals surface area contributed by atoms with Gasteiger partial charge in [-0.15, -0.1) is 0 Å². The average molecular weight is 353 g/mol. The first kappa shape index (κ1) is 17.2. The minimum Gasteiger partial charge on any atom is -0.342 e. The first-order valence-electron chi connectivity index (χ1n) is 9.70. The molecule has 0 bridgehead atoms. The first-order chi connectivity index (χ1) is 12.6. The van der Waals surface area contributed by atoms with Gasteiger partial charge >= 0.3 is 0 Å². The number of carbonyl (C=O) groups excluding carboxylic acids is 1. The van der Waals surface area contributed by atoms with E-state index in [1.165, 1.54) is 6.42 Å². The van der Waals surface area contributed by atoms with Crippen LogP contribution in [0.1, 0.15) is 43.6 Å². The highest BCUT2D eigenvalue weighted by molar-refractivity contribution is 5.79. The summed E-state index contributed by atoms with van der Waals surface area (Å²) >= 11 is 0. The molecule has 1 aliphatic heterocycles. The molecule has 2 aromatic rings. The molecule has 0 unspecified atom stereocenters. The number of hydrogen-bond acceptors (Lipinski definition) is 4. The number of imidazole rings is 1. The number of hydrogen-bond donors (Lipinski definition) is 0. The fourth-order valence-corrected chi connectivity index (χ4v) is 4.01. The summed E-state index contributed by atoms with van der Waals surface area (Å²) < 4.78 is 2.04. The third-order valence-electron chi connectivity index (χ3n) is 5.95. The van der Waals surface area contributed by atoms with Crippen molar-refractivity contribution in [1.29, 1.82) is 0 Å². The van der Waals surface area contributed by atoms with E-state index in [0.717, 1.165) is 68.1 Å². The van der Waals surface area contributed by atoms with Gasteiger partial charge in [0.05, 0.1) is 23.8 Å². The van der Waals surface area contributed by atoms with Gasteiger partial charge in [-0.25, -0.2) is 9.97 Å². The van der Waals surface area contributed by atoms with Gasteiger partial charge in [-0.05, 0) is 44.9 Å². The number of piperidine rings is 1. The van der Waals surface area contributed by atoms with Gasteiger partial charge in [-0.2, -0.15) is 0 Å². The number of nitrogens with zero attached hydrogens (tertiary/aromatic N) is 5. The van der Waals surface area contributed by atoms with E-state index in [9.17, 15) is 4.79 Å². The molecule has 2 aliphatic rings. The SMILES string of the molecule is Cc1ncc(-c2cncc(C[C@H]3CCCN(C(=O)C4CCC4)C3)n2)n1C. The van der Waals surface area contributed by atoms with Crippen LogP contribution in [0.15, 0.2) is 18.6 Å². The Kier molecular flexibility index (Phi) is 4.74. The van der Waals surface area contributed by atoms with Gasteiger partial charge in [0.25, 0.3) is 0 Å². The van der Waals surface area contributed by atoms with E-state index in [-0.39, 0.29) is 0 Å². The van der Waals surface area contributed by atoms with Crippen molar-refractivity contribution in [1.82, 2.24) is 24.4 Å². The minimum atomic E-state index is 0.296. The summed E-state index contributed by atoms with van der Waals surface area (Å²) in [5, 5.41) is 0. The summed E-state index contributed by atoms with van der Waals surface area (Å²) in [6.07, 6.45) is 12.0. The molecule has 26 heavy (non-hydrogen) atoms. The summed E-state index contributed by atoms with van der Waals surface area (Å²) in [5.41, 5.74) is 2.86. The largest absolute Gasteiger partial charge is 0.342 e. The number of amides is 1. The Labute approximate surface area is 154 Å². The smallest absolute Gasteiger partial charge is 0.225 e. The van der Waals surface area contributed by atoms with Crippen molar-refractivity contribution in [2.75, 3.05) is 13.1 Å². The van der Waals surface area contributed by atoms with E-state index >= 15 is 0 Å². The molecule has 4 rings (SSSR count). The van der Waals surface area contributed by atoms with Crippen molar-refractivity contribution >= 4 is 5.91 Å². The predicted molar refractivity (Wildman–Crippen MR) is 99.3 cm³/mol. The van der Waals surface area contributed by atoms with Crippen LogP contribution < -0.4 is 0 Å². The lowest BCUT2D eigenvalue weighted by Crippen LogP contribution is -2.45. The standard InChI is InChI=1S/C20H27N5O/c1-14-22-12-19(24(14)2)18-11-21-10-17(23-18)9-15-5-4-8-25(13-15)20(26)16-6-3-7-16/h10-12,15-16H,3-9,13H2,1-2H3/t15-/m1/s1. The summed E-state index contributed by atoms with van der Waals surface area (Å²) in [5.74, 6) is 2.12. The molecule has 6 nitrogen and oxygen atoms in total. The van der Waals surface area contributed by atoms with E-state index in [1.807, 2.05) is 30.9 Å². The van der Waals surface area contributed by atoms with Gasteiger partial charge in [0.1, 0.15) is 11.5 Å². The second-order valence-corrected chi connectivity index (χ2v) is 7.77. The Morgan fingerprint density at radius 1 is 1.19 bits per heavy atom. The molecular weight excluding hydrogens is 326 g/mol. The Balaban J connectivity index is 1.44. The average Bonchev–Trinajstić information content (AvgIpc) is 2.93. The highest BCUT2D eigenvalue weighted by Gasteiger charge is 2.32. The summed E-state index contributed by atoms with van der Waals surface area (Å²) in [4.78, 5) is 28.2. The van der Waals surface area contributed by atoms with Gasteiger partial charge in [0, 0.05) is 32.3 Å². The summed E-state index contributed by atoms with van der Waals surface area (Å²) in [6.45, 7) is 3.77. The molecule has 2 fully saturated rings. The van der Waals surface area contributed by atoms with Crippen molar-refractivity contribution in [3.05, 3.63) is 30.1 Å².